The molecule has 5 nitrogen and oxygen atoms in total. The SMILES string of the molecule is CC(C)(C)O/N=C1\NC(=O)/C(=C/c2cc(C(C)(C)C)c(O)c(C(C)(C)C)c2)S1. The van der Waals surface area contributed by atoms with E-state index < -0.39 is 5.60 Å². The Morgan fingerprint density at radius 3 is 1.93 bits per heavy atom. The van der Waals surface area contributed by atoms with Crippen molar-refractivity contribution in [2.75, 3.05) is 0 Å². The van der Waals surface area contributed by atoms with E-state index in [-0.39, 0.29) is 16.7 Å². The van der Waals surface area contributed by atoms with Gasteiger partial charge in [0.15, 0.2) is 0 Å². The van der Waals surface area contributed by atoms with Crippen molar-refractivity contribution in [3.05, 3.63) is 33.7 Å². The zero-order valence-electron chi connectivity index (χ0n) is 18.4. The van der Waals surface area contributed by atoms with Gasteiger partial charge in [0.2, 0.25) is 5.17 Å². The van der Waals surface area contributed by atoms with Crippen LogP contribution in [0.1, 0.15) is 79.0 Å². The van der Waals surface area contributed by atoms with E-state index in [0.717, 1.165) is 16.7 Å². The van der Waals surface area contributed by atoms with Crippen LogP contribution in [0.3, 0.4) is 0 Å². The number of amides is 1. The summed E-state index contributed by atoms with van der Waals surface area (Å²) in [5, 5.41) is 18.0. The Kier molecular flexibility index (Phi) is 5.96. The van der Waals surface area contributed by atoms with E-state index in [1.165, 1.54) is 11.8 Å². The average molecular weight is 405 g/mol. The molecule has 1 aliphatic heterocycles. The lowest BCUT2D eigenvalue weighted by atomic mass is 9.78. The number of carbonyl (C=O) groups is 1. The summed E-state index contributed by atoms with van der Waals surface area (Å²) in [7, 11) is 0. The van der Waals surface area contributed by atoms with E-state index in [1.54, 1.807) is 0 Å². The molecule has 0 atom stereocenters. The zero-order chi connectivity index (χ0) is 21.5. The summed E-state index contributed by atoms with van der Waals surface area (Å²) in [4.78, 5) is 18.3. The van der Waals surface area contributed by atoms with Crippen molar-refractivity contribution in [1.82, 2.24) is 5.32 Å². The minimum absolute atomic E-state index is 0.205. The minimum Gasteiger partial charge on any atom is -0.507 e. The number of nitrogens with one attached hydrogen (secondary N) is 1. The topological polar surface area (TPSA) is 70.9 Å². The molecule has 0 unspecified atom stereocenters. The lowest BCUT2D eigenvalue weighted by Crippen LogP contribution is -2.22. The first-order chi connectivity index (χ1) is 12.6. The number of oxime groups is 1. The molecule has 0 saturated carbocycles. The van der Waals surface area contributed by atoms with Crippen LogP contribution < -0.4 is 5.32 Å². The van der Waals surface area contributed by atoms with Crippen molar-refractivity contribution in [3.8, 4) is 5.75 Å². The van der Waals surface area contributed by atoms with Crippen molar-refractivity contribution in [2.24, 2.45) is 5.16 Å². The van der Waals surface area contributed by atoms with Crippen LogP contribution in [0.25, 0.3) is 6.08 Å². The molecule has 1 heterocycles. The van der Waals surface area contributed by atoms with Crippen LogP contribution in [0, 0.1) is 0 Å². The molecular weight excluding hydrogens is 372 g/mol. The second-order valence-corrected chi connectivity index (χ2v) is 11.2. The number of amidine groups is 1. The van der Waals surface area contributed by atoms with Crippen LogP contribution in [0.5, 0.6) is 5.75 Å². The summed E-state index contributed by atoms with van der Waals surface area (Å²) in [6, 6.07) is 3.90. The predicted octanol–water partition coefficient (Wildman–Crippen LogP) is 5.28. The molecule has 0 radical (unpaired) electrons. The first-order valence-electron chi connectivity index (χ1n) is 9.43. The highest BCUT2D eigenvalue weighted by Crippen LogP contribution is 2.40. The molecule has 0 spiro atoms. The quantitative estimate of drug-likeness (QED) is 0.520. The lowest BCUT2D eigenvalue weighted by Gasteiger charge is -2.28. The second kappa shape index (κ2) is 7.47. The maximum Gasteiger partial charge on any atom is 0.264 e. The Bertz CT molecular complexity index is 800. The van der Waals surface area contributed by atoms with Gasteiger partial charge in [-0.25, -0.2) is 0 Å². The van der Waals surface area contributed by atoms with E-state index in [4.69, 9.17) is 4.84 Å². The molecule has 2 N–H and O–H groups in total. The number of phenols is 1. The number of carbonyl (C=O) groups excluding carboxylic acids is 1. The first-order valence-corrected chi connectivity index (χ1v) is 10.2. The Labute approximate surface area is 172 Å². The fourth-order valence-corrected chi connectivity index (χ4v) is 3.45. The van der Waals surface area contributed by atoms with Gasteiger partial charge >= 0.3 is 0 Å². The highest BCUT2D eigenvalue weighted by Gasteiger charge is 2.28. The van der Waals surface area contributed by atoms with Crippen molar-refractivity contribution in [3.63, 3.8) is 0 Å². The highest BCUT2D eigenvalue weighted by molar-refractivity contribution is 8.18. The largest absolute Gasteiger partial charge is 0.507 e. The summed E-state index contributed by atoms with van der Waals surface area (Å²) in [6.45, 7) is 18.1. The molecule has 0 aliphatic carbocycles. The number of hydrogen-bond donors (Lipinski definition) is 2. The highest BCUT2D eigenvalue weighted by atomic mass is 32.2. The van der Waals surface area contributed by atoms with Gasteiger partial charge in [-0.15, -0.1) is 0 Å². The standard InChI is InChI=1S/C22H32N2O3S/c1-20(2,3)14-10-13(11-15(17(14)25)21(4,5)6)12-16-18(26)23-19(28-16)24-27-22(7,8)9/h10-12,25H,1-9H3,(H,23,24,26)/b16-12-. The predicted molar refractivity (Wildman–Crippen MR) is 117 cm³/mol. The second-order valence-electron chi connectivity index (χ2n) is 10.1. The molecule has 28 heavy (non-hydrogen) atoms. The zero-order valence-corrected chi connectivity index (χ0v) is 19.2. The third-order valence-electron chi connectivity index (χ3n) is 4.10. The summed E-state index contributed by atoms with van der Waals surface area (Å²) >= 11 is 1.25. The summed E-state index contributed by atoms with van der Waals surface area (Å²) in [6.07, 6.45) is 1.84. The number of hydrogen-bond acceptors (Lipinski definition) is 5. The smallest absolute Gasteiger partial charge is 0.264 e. The molecule has 0 bridgehead atoms. The lowest BCUT2D eigenvalue weighted by molar-refractivity contribution is -0.115. The van der Waals surface area contributed by atoms with E-state index in [0.29, 0.717) is 15.8 Å². The van der Waals surface area contributed by atoms with Crippen LogP contribution in [0.15, 0.2) is 22.2 Å². The van der Waals surface area contributed by atoms with Crippen LogP contribution in [0.4, 0.5) is 0 Å². The van der Waals surface area contributed by atoms with Gasteiger partial charge in [-0.05, 0) is 67.1 Å². The van der Waals surface area contributed by atoms with E-state index in [1.807, 2.05) is 39.0 Å². The molecule has 1 aromatic carbocycles. The maximum absolute atomic E-state index is 12.4. The van der Waals surface area contributed by atoms with Gasteiger partial charge in [0.05, 0.1) is 4.91 Å². The molecule has 1 aliphatic rings. The van der Waals surface area contributed by atoms with Gasteiger partial charge < -0.3 is 9.94 Å². The molecule has 0 aromatic heterocycles. The van der Waals surface area contributed by atoms with Gasteiger partial charge in [0.25, 0.3) is 5.91 Å². The van der Waals surface area contributed by atoms with Crippen molar-refractivity contribution in [2.45, 2.75) is 78.7 Å². The van der Waals surface area contributed by atoms with Gasteiger partial charge in [0, 0.05) is 11.1 Å². The van der Waals surface area contributed by atoms with Crippen LogP contribution in [-0.2, 0) is 20.5 Å². The summed E-state index contributed by atoms with van der Waals surface area (Å²) in [5.74, 6) is 0.121. The van der Waals surface area contributed by atoms with Gasteiger partial charge in [-0.3, -0.25) is 10.1 Å². The monoisotopic (exact) mass is 404 g/mol. The van der Waals surface area contributed by atoms with E-state index in [2.05, 4.69) is 52.0 Å². The Hall–Kier alpha value is -1.95. The third-order valence-corrected chi connectivity index (χ3v) is 4.99. The molecule has 6 heteroatoms. The van der Waals surface area contributed by atoms with Crippen molar-refractivity contribution < 1.29 is 14.7 Å². The van der Waals surface area contributed by atoms with Crippen LogP contribution >= 0.6 is 11.8 Å². The number of aromatic hydroxyl groups is 1. The van der Waals surface area contributed by atoms with Crippen molar-refractivity contribution >= 4 is 28.9 Å². The first kappa shape index (κ1) is 22.3. The van der Waals surface area contributed by atoms with Crippen LogP contribution in [0.2, 0.25) is 0 Å². The molecule has 2 rings (SSSR count). The number of phenolic OH excluding ortho intramolecular Hbond substituents is 1. The van der Waals surface area contributed by atoms with Gasteiger partial charge in [-0.1, -0.05) is 46.7 Å². The number of thioether (sulfide) groups is 1. The number of benzene rings is 1. The molecule has 1 aromatic rings. The minimum atomic E-state index is -0.426. The number of rotatable bonds is 2. The molecule has 1 saturated heterocycles. The maximum atomic E-state index is 12.4. The third kappa shape index (κ3) is 5.53. The molecule has 1 amide bonds. The fraction of sp³-hybridized carbons (Fsp3) is 0.545. The summed E-state index contributed by atoms with van der Waals surface area (Å²) < 4.78 is 0. The van der Waals surface area contributed by atoms with Crippen molar-refractivity contribution in [1.29, 1.82) is 0 Å². The van der Waals surface area contributed by atoms with E-state index in [9.17, 15) is 9.90 Å². The molecular formula is C22H32N2O3S. The van der Waals surface area contributed by atoms with Crippen LogP contribution in [-0.4, -0.2) is 21.8 Å². The van der Waals surface area contributed by atoms with E-state index >= 15 is 0 Å². The van der Waals surface area contributed by atoms with Gasteiger partial charge in [-0.2, -0.15) is 0 Å². The molecule has 1 fully saturated rings. The Morgan fingerprint density at radius 1 is 1.00 bits per heavy atom. The average Bonchev–Trinajstić information content (AvgIpc) is 2.84. The normalized spacial score (nSPS) is 18.7. The Morgan fingerprint density at radius 2 is 1.50 bits per heavy atom. The summed E-state index contributed by atoms with van der Waals surface area (Å²) in [5.41, 5.74) is 1.72. The number of nitrogens with zero attached hydrogens (tertiary/aromatic N) is 1. The Balaban J connectivity index is 2.47. The molecule has 154 valence electrons. The van der Waals surface area contributed by atoms with Gasteiger partial charge in [0.1, 0.15) is 11.4 Å². The fourth-order valence-electron chi connectivity index (χ4n) is 2.68.